The van der Waals surface area contributed by atoms with Crippen molar-refractivity contribution in [1.29, 1.82) is 0 Å². The largest absolute Gasteiger partial charge is 0.452 e. The van der Waals surface area contributed by atoms with Crippen molar-refractivity contribution in [1.82, 2.24) is 0 Å². The molecule has 3 rings (SSSR count). The third-order valence-electron chi connectivity index (χ3n) is 4.27. The fourth-order valence-electron chi connectivity index (χ4n) is 2.89. The Balaban J connectivity index is 1.62. The molecule has 0 unspecified atom stereocenters. The summed E-state index contributed by atoms with van der Waals surface area (Å²) < 4.78 is 31.3. The maximum absolute atomic E-state index is 12.3. The number of hydrogen-bond acceptors (Lipinski definition) is 5. The normalized spacial score (nSPS) is 15.3. The first-order valence-electron chi connectivity index (χ1n) is 8.60. The number of carbonyl (C=O) groups excluding carboxylic acids is 2. The van der Waals surface area contributed by atoms with Gasteiger partial charge in [0.05, 0.1) is 17.0 Å². The summed E-state index contributed by atoms with van der Waals surface area (Å²) in [5.74, 6) is -1.06. The molecule has 2 aromatic rings. The molecule has 0 radical (unpaired) electrons. The Kier molecular flexibility index (Phi) is 6.04. The molecule has 1 aliphatic rings. The summed E-state index contributed by atoms with van der Waals surface area (Å²) in [7, 11) is -3.34. The highest BCUT2D eigenvalue weighted by Crippen LogP contribution is 2.25. The second-order valence-corrected chi connectivity index (χ2v) is 9.30. The highest BCUT2D eigenvalue weighted by Gasteiger charge is 2.28. The number of ether oxygens (including phenoxy) is 1. The van der Waals surface area contributed by atoms with E-state index in [1.807, 2.05) is 13.0 Å². The first-order chi connectivity index (χ1) is 13.3. The van der Waals surface area contributed by atoms with Gasteiger partial charge in [-0.25, -0.2) is 13.2 Å². The second kappa shape index (κ2) is 8.32. The van der Waals surface area contributed by atoms with Crippen LogP contribution < -0.4 is 9.62 Å². The summed E-state index contributed by atoms with van der Waals surface area (Å²) in [6.45, 7) is 1.79. The van der Waals surface area contributed by atoms with Crippen LogP contribution in [0.3, 0.4) is 0 Å². The Bertz CT molecular complexity index is 1020. The highest BCUT2D eigenvalue weighted by molar-refractivity contribution is 9.10. The van der Waals surface area contributed by atoms with Crippen LogP contribution in [0.25, 0.3) is 0 Å². The zero-order valence-electron chi connectivity index (χ0n) is 15.1. The van der Waals surface area contributed by atoms with Crippen molar-refractivity contribution in [3.05, 3.63) is 58.1 Å². The number of carbonyl (C=O) groups is 2. The summed E-state index contributed by atoms with van der Waals surface area (Å²) in [6.07, 6.45) is 0.548. The van der Waals surface area contributed by atoms with Gasteiger partial charge in [-0.2, -0.15) is 0 Å². The molecule has 7 nitrogen and oxygen atoms in total. The van der Waals surface area contributed by atoms with Crippen molar-refractivity contribution in [3.63, 3.8) is 0 Å². The molecule has 0 atom stereocenters. The van der Waals surface area contributed by atoms with Gasteiger partial charge in [0.25, 0.3) is 5.91 Å². The van der Waals surface area contributed by atoms with Gasteiger partial charge in [-0.1, -0.05) is 22.0 Å². The number of rotatable bonds is 5. The molecule has 1 amide bonds. The molecule has 1 N–H and O–H groups in total. The summed E-state index contributed by atoms with van der Waals surface area (Å²) >= 11 is 3.35. The van der Waals surface area contributed by atoms with E-state index in [0.717, 1.165) is 10.0 Å². The number of nitrogens with zero attached hydrogens (tertiary/aromatic N) is 1. The topological polar surface area (TPSA) is 92.8 Å². The lowest BCUT2D eigenvalue weighted by Crippen LogP contribution is -2.25. The summed E-state index contributed by atoms with van der Waals surface area (Å²) in [6, 6.07) is 11.6. The fraction of sp³-hybridized carbons (Fsp3) is 0.263. The van der Waals surface area contributed by atoms with Crippen LogP contribution >= 0.6 is 15.9 Å². The fourth-order valence-corrected chi connectivity index (χ4v) is 4.92. The van der Waals surface area contributed by atoms with E-state index in [1.165, 1.54) is 16.4 Å². The van der Waals surface area contributed by atoms with E-state index in [9.17, 15) is 18.0 Å². The molecular formula is C19H19BrN2O5S. The first kappa shape index (κ1) is 20.3. The maximum Gasteiger partial charge on any atom is 0.338 e. The van der Waals surface area contributed by atoms with E-state index in [4.69, 9.17) is 4.74 Å². The number of sulfonamides is 1. The van der Waals surface area contributed by atoms with E-state index in [-0.39, 0.29) is 11.3 Å². The van der Waals surface area contributed by atoms with E-state index < -0.39 is 28.5 Å². The Hall–Kier alpha value is -2.39. The van der Waals surface area contributed by atoms with E-state index >= 15 is 0 Å². The van der Waals surface area contributed by atoms with E-state index in [2.05, 4.69) is 21.2 Å². The number of benzene rings is 2. The molecule has 1 heterocycles. The number of amides is 1. The van der Waals surface area contributed by atoms with Gasteiger partial charge in [0.1, 0.15) is 0 Å². The van der Waals surface area contributed by atoms with Crippen LogP contribution in [0.5, 0.6) is 0 Å². The monoisotopic (exact) mass is 466 g/mol. The Morgan fingerprint density at radius 1 is 1.21 bits per heavy atom. The number of aryl methyl sites for hydroxylation is 1. The molecule has 0 aliphatic carbocycles. The predicted molar refractivity (Wildman–Crippen MR) is 110 cm³/mol. The third-order valence-corrected chi connectivity index (χ3v) is 6.63. The van der Waals surface area contributed by atoms with Crippen molar-refractivity contribution >= 4 is 49.2 Å². The molecule has 0 bridgehead atoms. The molecule has 9 heteroatoms. The quantitative estimate of drug-likeness (QED) is 0.683. The molecule has 1 aliphatic heterocycles. The number of esters is 1. The van der Waals surface area contributed by atoms with Crippen LogP contribution in [0.15, 0.2) is 46.9 Å². The standard InChI is InChI=1S/C19H19BrN2O5S/c1-13-10-15(20)6-7-17(13)21-18(23)12-27-19(24)14-4-2-5-16(11-14)22-8-3-9-28(22,25)26/h2,4-7,10-11H,3,8-9,12H2,1H3,(H,21,23). The van der Waals surface area contributed by atoms with Gasteiger partial charge in [0, 0.05) is 16.7 Å². The van der Waals surface area contributed by atoms with Crippen molar-refractivity contribution in [2.45, 2.75) is 13.3 Å². The first-order valence-corrected chi connectivity index (χ1v) is 11.0. The van der Waals surface area contributed by atoms with Gasteiger partial charge in [-0.15, -0.1) is 0 Å². The molecule has 0 aromatic heterocycles. The predicted octanol–water partition coefficient (Wildman–Crippen LogP) is 3.09. The number of nitrogens with one attached hydrogen (secondary N) is 1. The zero-order valence-corrected chi connectivity index (χ0v) is 17.5. The van der Waals surface area contributed by atoms with Crippen LogP contribution in [-0.4, -0.2) is 39.2 Å². The van der Waals surface area contributed by atoms with E-state index in [0.29, 0.717) is 24.3 Å². The van der Waals surface area contributed by atoms with Crippen molar-refractivity contribution in [2.75, 3.05) is 28.5 Å². The molecular weight excluding hydrogens is 448 g/mol. The van der Waals surface area contributed by atoms with Crippen LogP contribution in [-0.2, 0) is 19.6 Å². The lowest BCUT2D eigenvalue weighted by molar-refractivity contribution is -0.119. The minimum absolute atomic E-state index is 0.0946. The van der Waals surface area contributed by atoms with E-state index in [1.54, 1.807) is 24.3 Å². The van der Waals surface area contributed by atoms with Crippen molar-refractivity contribution in [3.8, 4) is 0 Å². The van der Waals surface area contributed by atoms with Gasteiger partial charge >= 0.3 is 5.97 Å². The molecule has 28 heavy (non-hydrogen) atoms. The molecule has 1 fully saturated rings. The minimum atomic E-state index is -3.34. The number of anilines is 2. The summed E-state index contributed by atoms with van der Waals surface area (Å²) in [5, 5.41) is 2.69. The van der Waals surface area contributed by atoms with Crippen LogP contribution in [0.2, 0.25) is 0 Å². The molecule has 0 spiro atoms. The van der Waals surface area contributed by atoms with Crippen molar-refractivity contribution in [2.24, 2.45) is 0 Å². The smallest absolute Gasteiger partial charge is 0.338 e. The molecule has 0 saturated carbocycles. The molecule has 148 valence electrons. The van der Waals surface area contributed by atoms with Gasteiger partial charge in [-0.05, 0) is 55.3 Å². The maximum atomic E-state index is 12.3. The lowest BCUT2D eigenvalue weighted by atomic mass is 10.2. The molecule has 2 aromatic carbocycles. The van der Waals surface area contributed by atoms with Crippen LogP contribution in [0.4, 0.5) is 11.4 Å². The SMILES string of the molecule is Cc1cc(Br)ccc1NC(=O)COC(=O)c1cccc(N2CCCS2(=O)=O)c1. The zero-order chi connectivity index (χ0) is 20.3. The number of hydrogen-bond donors (Lipinski definition) is 1. The van der Waals surface area contributed by atoms with Gasteiger partial charge < -0.3 is 10.1 Å². The molecule has 1 saturated heterocycles. The second-order valence-electron chi connectivity index (χ2n) is 6.38. The lowest BCUT2D eigenvalue weighted by Gasteiger charge is -2.17. The summed E-state index contributed by atoms with van der Waals surface area (Å²) in [5.41, 5.74) is 2.10. The average molecular weight is 467 g/mol. The van der Waals surface area contributed by atoms with Gasteiger partial charge in [0.15, 0.2) is 6.61 Å². The Morgan fingerprint density at radius 3 is 2.68 bits per heavy atom. The number of halogens is 1. The summed E-state index contributed by atoms with van der Waals surface area (Å²) in [4.78, 5) is 24.3. The average Bonchev–Trinajstić information content (AvgIpc) is 3.01. The highest BCUT2D eigenvalue weighted by atomic mass is 79.9. The van der Waals surface area contributed by atoms with Crippen LogP contribution in [0, 0.1) is 6.92 Å². The Labute approximate surface area is 171 Å². The minimum Gasteiger partial charge on any atom is -0.452 e. The van der Waals surface area contributed by atoms with Crippen molar-refractivity contribution < 1.29 is 22.7 Å². The van der Waals surface area contributed by atoms with Gasteiger partial charge in [0.2, 0.25) is 10.0 Å². The third kappa shape index (κ3) is 4.71. The van der Waals surface area contributed by atoms with Gasteiger partial charge in [-0.3, -0.25) is 9.10 Å². The van der Waals surface area contributed by atoms with Crippen LogP contribution in [0.1, 0.15) is 22.3 Å². The Morgan fingerprint density at radius 2 is 2.00 bits per heavy atom.